The quantitative estimate of drug-likeness (QED) is 0.778. The third kappa shape index (κ3) is 3.93. The summed E-state index contributed by atoms with van der Waals surface area (Å²) in [6.07, 6.45) is 0. The van der Waals surface area contributed by atoms with E-state index in [2.05, 4.69) is 0 Å². The van der Waals surface area contributed by atoms with E-state index in [1.54, 1.807) is 12.1 Å². The van der Waals surface area contributed by atoms with Gasteiger partial charge in [0.2, 0.25) is 0 Å². The molecule has 0 saturated heterocycles. The molecule has 0 spiro atoms. The first-order valence-electron chi connectivity index (χ1n) is 5.12. The van der Waals surface area contributed by atoms with Gasteiger partial charge in [0.05, 0.1) is 5.56 Å². The molecule has 0 radical (unpaired) electrons. The Labute approximate surface area is 107 Å². The predicted octanol–water partition coefficient (Wildman–Crippen LogP) is 3.47. The van der Waals surface area contributed by atoms with E-state index >= 15 is 0 Å². The van der Waals surface area contributed by atoms with Gasteiger partial charge in [-0.15, -0.1) is 12.4 Å². The Bertz CT molecular complexity index is 454. The van der Waals surface area contributed by atoms with Crippen LogP contribution in [0, 0.1) is 0 Å². The van der Waals surface area contributed by atoms with Crippen molar-refractivity contribution in [3.05, 3.63) is 71.8 Å². The Balaban J connectivity index is 0.00000144. The second-order valence-electron chi connectivity index (χ2n) is 3.43. The zero-order chi connectivity index (χ0) is 11.2. The first kappa shape index (κ1) is 13.3. The molecule has 0 atom stereocenters. The monoisotopic (exact) mass is 248 g/mol. The van der Waals surface area contributed by atoms with Crippen molar-refractivity contribution in [2.45, 2.75) is 6.61 Å². The Morgan fingerprint density at radius 2 is 1.41 bits per heavy atom. The molecular formula is C14H13ClO2. The largest absolute Gasteiger partial charge is 0.457 e. The standard InChI is InChI=1S/C14H12O2.ClH/c15-14(13-9-5-2-6-10-13)16-11-12-7-3-1-4-8-12;/h1-10H,11H2;1H. The minimum atomic E-state index is -0.288. The van der Waals surface area contributed by atoms with Crippen molar-refractivity contribution in [3.63, 3.8) is 0 Å². The van der Waals surface area contributed by atoms with Crippen LogP contribution in [0.5, 0.6) is 0 Å². The smallest absolute Gasteiger partial charge is 0.338 e. The van der Waals surface area contributed by atoms with Gasteiger partial charge in [-0.3, -0.25) is 0 Å². The maximum absolute atomic E-state index is 11.6. The maximum Gasteiger partial charge on any atom is 0.338 e. The summed E-state index contributed by atoms with van der Waals surface area (Å²) in [5.74, 6) is -0.288. The number of ether oxygens (including phenoxy) is 1. The SMILES string of the molecule is Cl.O=C(OCc1ccccc1)c1ccccc1. The van der Waals surface area contributed by atoms with Crippen LogP contribution in [0.3, 0.4) is 0 Å². The number of hydrogen-bond donors (Lipinski definition) is 0. The fourth-order valence-electron chi connectivity index (χ4n) is 1.38. The third-order valence-corrected chi connectivity index (χ3v) is 2.22. The van der Waals surface area contributed by atoms with Gasteiger partial charge in [0.25, 0.3) is 0 Å². The van der Waals surface area contributed by atoms with Crippen molar-refractivity contribution in [1.82, 2.24) is 0 Å². The lowest BCUT2D eigenvalue weighted by Gasteiger charge is -2.04. The molecule has 0 amide bonds. The predicted molar refractivity (Wildman–Crippen MR) is 69.3 cm³/mol. The Morgan fingerprint density at radius 3 is 2.00 bits per heavy atom. The van der Waals surface area contributed by atoms with E-state index in [0.29, 0.717) is 12.2 Å². The number of benzene rings is 2. The number of esters is 1. The second-order valence-corrected chi connectivity index (χ2v) is 3.43. The van der Waals surface area contributed by atoms with Gasteiger partial charge in [-0.1, -0.05) is 48.5 Å². The Hall–Kier alpha value is -1.80. The molecule has 2 rings (SSSR count). The van der Waals surface area contributed by atoms with Crippen molar-refractivity contribution >= 4 is 18.4 Å². The van der Waals surface area contributed by atoms with E-state index < -0.39 is 0 Å². The van der Waals surface area contributed by atoms with E-state index in [9.17, 15) is 4.79 Å². The van der Waals surface area contributed by atoms with Crippen molar-refractivity contribution < 1.29 is 9.53 Å². The van der Waals surface area contributed by atoms with Crippen LogP contribution in [0.15, 0.2) is 60.7 Å². The van der Waals surface area contributed by atoms with Gasteiger partial charge in [0.1, 0.15) is 6.61 Å². The van der Waals surface area contributed by atoms with Gasteiger partial charge >= 0.3 is 5.97 Å². The lowest BCUT2D eigenvalue weighted by Crippen LogP contribution is -2.04. The molecule has 0 saturated carbocycles. The molecule has 2 aromatic rings. The van der Waals surface area contributed by atoms with E-state index in [1.807, 2.05) is 48.5 Å². The normalized spacial score (nSPS) is 9.18. The molecular weight excluding hydrogens is 236 g/mol. The minimum Gasteiger partial charge on any atom is -0.457 e. The molecule has 17 heavy (non-hydrogen) atoms. The summed E-state index contributed by atoms with van der Waals surface area (Å²) in [4.78, 5) is 11.6. The minimum absolute atomic E-state index is 0. The van der Waals surface area contributed by atoms with E-state index in [-0.39, 0.29) is 18.4 Å². The zero-order valence-electron chi connectivity index (χ0n) is 9.21. The topological polar surface area (TPSA) is 26.3 Å². The van der Waals surface area contributed by atoms with Crippen LogP contribution in [0.25, 0.3) is 0 Å². The molecule has 2 aromatic carbocycles. The highest BCUT2D eigenvalue weighted by Gasteiger charge is 2.05. The first-order chi connectivity index (χ1) is 7.86. The van der Waals surface area contributed by atoms with Crippen LogP contribution in [0.1, 0.15) is 15.9 Å². The number of hydrogen-bond acceptors (Lipinski definition) is 2. The summed E-state index contributed by atoms with van der Waals surface area (Å²) >= 11 is 0. The van der Waals surface area contributed by atoms with Crippen LogP contribution in [0.4, 0.5) is 0 Å². The molecule has 0 unspecified atom stereocenters. The molecule has 0 N–H and O–H groups in total. The first-order valence-corrected chi connectivity index (χ1v) is 5.12. The lowest BCUT2D eigenvalue weighted by molar-refractivity contribution is 0.0472. The van der Waals surface area contributed by atoms with Crippen molar-refractivity contribution in [1.29, 1.82) is 0 Å². The van der Waals surface area contributed by atoms with Gasteiger partial charge in [-0.2, -0.15) is 0 Å². The molecule has 0 aliphatic heterocycles. The maximum atomic E-state index is 11.6. The highest BCUT2D eigenvalue weighted by molar-refractivity contribution is 5.89. The summed E-state index contributed by atoms with van der Waals surface area (Å²) in [6.45, 7) is 0.314. The van der Waals surface area contributed by atoms with Crippen molar-refractivity contribution in [2.24, 2.45) is 0 Å². The average Bonchev–Trinajstić information content (AvgIpc) is 2.38. The number of carbonyl (C=O) groups excluding carboxylic acids is 1. The summed E-state index contributed by atoms with van der Waals surface area (Å²) in [5.41, 5.74) is 1.57. The number of halogens is 1. The fraction of sp³-hybridized carbons (Fsp3) is 0.0714. The molecule has 0 heterocycles. The molecule has 88 valence electrons. The highest BCUT2D eigenvalue weighted by atomic mass is 35.5. The van der Waals surface area contributed by atoms with Crippen LogP contribution in [-0.2, 0) is 11.3 Å². The van der Waals surface area contributed by atoms with E-state index in [4.69, 9.17) is 4.74 Å². The summed E-state index contributed by atoms with van der Waals surface area (Å²) in [5, 5.41) is 0. The van der Waals surface area contributed by atoms with Gasteiger partial charge in [0.15, 0.2) is 0 Å². The zero-order valence-corrected chi connectivity index (χ0v) is 10.0. The Morgan fingerprint density at radius 1 is 0.882 bits per heavy atom. The molecule has 0 aromatic heterocycles. The van der Waals surface area contributed by atoms with Crippen LogP contribution < -0.4 is 0 Å². The molecule has 3 heteroatoms. The van der Waals surface area contributed by atoms with Gasteiger partial charge < -0.3 is 4.74 Å². The van der Waals surface area contributed by atoms with E-state index in [1.165, 1.54) is 0 Å². The molecule has 0 aliphatic carbocycles. The van der Waals surface area contributed by atoms with Gasteiger partial charge in [-0.25, -0.2) is 4.79 Å². The second kappa shape index (κ2) is 6.71. The third-order valence-electron chi connectivity index (χ3n) is 2.22. The summed E-state index contributed by atoms with van der Waals surface area (Å²) < 4.78 is 5.18. The van der Waals surface area contributed by atoms with Gasteiger partial charge in [-0.05, 0) is 17.7 Å². The number of carbonyl (C=O) groups is 1. The summed E-state index contributed by atoms with van der Waals surface area (Å²) in [6, 6.07) is 18.6. The van der Waals surface area contributed by atoms with E-state index in [0.717, 1.165) is 5.56 Å². The van der Waals surface area contributed by atoms with Crippen LogP contribution in [-0.4, -0.2) is 5.97 Å². The molecule has 0 fully saturated rings. The Kier molecular flexibility index (Phi) is 5.24. The highest BCUT2D eigenvalue weighted by Crippen LogP contribution is 2.05. The summed E-state index contributed by atoms with van der Waals surface area (Å²) in [7, 11) is 0. The fourth-order valence-corrected chi connectivity index (χ4v) is 1.38. The molecule has 0 aliphatic rings. The molecule has 0 bridgehead atoms. The average molecular weight is 249 g/mol. The lowest BCUT2D eigenvalue weighted by atomic mass is 10.2. The van der Waals surface area contributed by atoms with Gasteiger partial charge in [0, 0.05) is 0 Å². The van der Waals surface area contributed by atoms with Crippen molar-refractivity contribution in [2.75, 3.05) is 0 Å². The number of rotatable bonds is 3. The van der Waals surface area contributed by atoms with Crippen molar-refractivity contribution in [3.8, 4) is 0 Å². The molecule has 2 nitrogen and oxygen atoms in total. The van der Waals surface area contributed by atoms with Crippen LogP contribution >= 0.6 is 12.4 Å². The van der Waals surface area contributed by atoms with Crippen LogP contribution in [0.2, 0.25) is 0 Å².